The van der Waals surface area contributed by atoms with Crippen molar-refractivity contribution in [1.82, 2.24) is 9.97 Å². The van der Waals surface area contributed by atoms with Gasteiger partial charge in [-0.15, -0.1) is 11.3 Å². The predicted octanol–water partition coefficient (Wildman–Crippen LogP) is 4.23. The zero-order valence-corrected chi connectivity index (χ0v) is 15.4. The van der Waals surface area contributed by atoms with Crippen molar-refractivity contribution in [2.45, 2.75) is 6.42 Å². The van der Waals surface area contributed by atoms with Gasteiger partial charge in [0.25, 0.3) is 5.91 Å². The summed E-state index contributed by atoms with van der Waals surface area (Å²) in [6, 6.07) is 19.8. The molecule has 4 rings (SSSR count). The van der Waals surface area contributed by atoms with Crippen molar-refractivity contribution >= 4 is 39.1 Å². The van der Waals surface area contributed by atoms with E-state index in [1.54, 1.807) is 11.3 Å². The van der Waals surface area contributed by atoms with Gasteiger partial charge in [0.1, 0.15) is 11.4 Å². The van der Waals surface area contributed by atoms with Crippen LogP contribution in [0.4, 0.5) is 5.69 Å². The van der Waals surface area contributed by atoms with E-state index in [1.165, 1.54) is 18.2 Å². The van der Waals surface area contributed by atoms with E-state index >= 15 is 0 Å². The van der Waals surface area contributed by atoms with Crippen LogP contribution in [0.2, 0.25) is 0 Å². The first-order valence-corrected chi connectivity index (χ1v) is 9.35. The summed E-state index contributed by atoms with van der Waals surface area (Å²) in [6.07, 6.45) is 0.718. The van der Waals surface area contributed by atoms with Crippen LogP contribution in [0.3, 0.4) is 0 Å². The number of carbonyl (C=O) groups excluding carboxylic acids is 1. The normalized spacial score (nSPS) is 10.7. The van der Waals surface area contributed by atoms with Crippen LogP contribution < -0.4 is 5.32 Å². The largest absolute Gasteiger partial charge is 0.477 e. The molecule has 0 aliphatic carbocycles. The molecule has 138 valence electrons. The standard InChI is InChI=1S/C21H15N3O3S/c25-20(16-5-3-6-17(23-16)21(26)27)22-14-10-8-13(9-11-14)12-19-24-15-4-1-2-7-18(15)28-19/h1-11H,12H2,(H,22,25)(H,26,27). The topological polar surface area (TPSA) is 92.2 Å². The second-order valence-electron chi connectivity index (χ2n) is 6.12. The van der Waals surface area contributed by atoms with E-state index < -0.39 is 11.9 Å². The van der Waals surface area contributed by atoms with E-state index in [-0.39, 0.29) is 11.4 Å². The van der Waals surface area contributed by atoms with Gasteiger partial charge in [-0.2, -0.15) is 0 Å². The first-order valence-electron chi connectivity index (χ1n) is 8.53. The molecular formula is C21H15N3O3S. The van der Waals surface area contributed by atoms with Crippen molar-refractivity contribution in [2.75, 3.05) is 5.32 Å². The first-order chi connectivity index (χ1) is 13.6. The second kappa shape index (κ2) is 7.58. The van der Waals surface area contributed by atoms with Crippen LogP contribution in [-0.4, -0.2) is 27.0 Å². The van der Waals surface area contributed by atoms with Gasteiger partial charge in [0.05, 0.1) is 15.2 Å². The summed E-state index contributed by atoms with van der Waals surface area (Å²) in [6.45, 7) is 0. The number of aromatic nitrogens is 2. The van der Waals surface area contributed by atoms with Crippen molar-refractivity contribution in [1.29, 1.82) is 0 Å². The van der Waals surface area contributed by atoms with E-state index in [2.05, 4.69) is 21.4 Å². The molecule has 0 saturated heterocycles. The number of nitrogens with zero attached hydrogens (tertiary/aromatic N) is 2. The Bertz CT molecular complexity index is 1140. The lowest BCUT2D eigenvalue weighted by molar-refractivity contribution is 0.0690. The van der Waals surface area contributed by atoms with Gasteiger partial charge < -0.3 is 10.4 Å². The summed E-state index contributed by atoms with van der Waals surface area (Å²) in [7, 11) is 0. The molecule has 2 aromatic heterocycles. The first kappa shape index (κ1) is 17.8. The highest BCUT2D eigenvalue weighted by atomic mass is 32.1. The molecular weight excluding hydrogens is 374 g/mol. The molecule has 7 heteroatoms. The number of benzene rings is 2. The van der Waals surface area contributed by atoms with E-state index in [1.807, 2.05) is 42.5 Å². The zero-order valence-electron chi connectivity index (χ0n) is 14.6. The summed E-state index contributed by atoms with van der Waals surface area (Å²) in [5.41, 5.74) is 2.59. The predicted molar refractivity (Wildman–Crippen MR) is 108 cm³/mol. The van der Waals surface area contributed by atoms with Crippen LogP contribution in [0.5, 0.6) is 0 Å². The zero-order chi connectivity index (χ0) is 19.5. The summed E-state index contributed by atoms with van der Waals surface area (Å²) in [5, 5.41) is 12.7. The van der Waals surface area contributed by atoms with Gasteiger partial charge in [0.2, 0.25) is 0 Å². The van der Waals surface area contributed by atoms with Crippen molar-refractivity contribution in [3.63, 3.8) is 0 Å². The molecule has 0 fully saturated rings. The van der Waals surface area contributed by atoms with Gasteiger partial charge in [0.15, 0.2) is 0 Å². The lowest BCUT2D eigenvalue weighted by Crippen LogP contribution is -2.15. The lowest BCUT2D eigenvalue weighted by Gasteiger charge is -2.06. The number of anilines is 1. The van der Waals surface area contributed by atoms with Crippen molar-refractivity contribution in [3.8, 4) is 0 Å². The summed E-state index contributed by atoms with van der Waals surface area (Å²) >= 11 is 1.67. The minimum atomic E-state index is -1.17. The van der Waals surface area contributed by atoms with Crippen LogP contribution in [0.1, 0.15) is 31.5 Å². The molecule has 28 heavy (non-hydrogen) atoms. The number of fused-ring (bicyclic) bond motifs is 1. The van der Waals surface area contributed by atoms with Crippen LogP contribution in [-0.2, 0) is 6.42 Å². The number of thiazole rings is 1. The number of pyridine rings is 1. The molecule has 0 aliphatic rings. The van der Waals surface area contributed by atoms with Crippen molar-refractivity contribution in [3.05, 3.63) is 88.7 Å². The number of aromatic carboxylic acids is 1. The highest BCUT2D eigenvalue weighted by Gasteiger charge is 2.12. The van der Waals surface area contributed by atoms with Crippen LogP contribution in [0.25, 0.3) is 10.2 Å². The Hall–Kier alpha value is -3.58. The Morgan fingerprint density at radius 1 is 0.893 bits per heavy atom. The van der Waals surface area contributed by atoms with E-state index in [9.17, 15) is 9.59 Å². The van der Waals surface area contributed by atoms with Gasteiger partial charge in [-0.3, -0.25) is 4.79 Å². The molecule has 4 aromatic rings. The Balaban J connectivity index is 1.45. The maximum absolute atomic E-state index is 12.3. The number of para-hydroxylation sites is 1. The maximum Gasteiger partial charge on any atom is 0.354 e. The SMILES string of the molecule is O=C(O)c1cccc(C(=O)Nc2ccc(Cc3nc4ccccc4s3)cc2)n1. The Labute approximate surface area is 164 Å². The fourth-order valence-electron chi connectivity index (χ4n) is 2.75. The van der Waals surface area contributed by atoms with Gasteiger partial charge in [-0.25, -0.2) is 14.8 Å². The fraction of sp³-hybridized carbons (Fsp3) is 0.0476. The Kier molecular flexibility index (Phi) is 4.82. The third-order valence-electron chi connectivity index (χ3n) is 4.11. The van der Waals surface area contributed by atoms with Crippen molar-refractivity contribution in [2.24, 2.45) is 0 Å². The van der Waals surface area contributed by atoms with Gasteiger partial charge in [-0.05, 0) is 42.0 Å². The molecule has 0 spiro atoms. The monoisotopic (exact) mass is 389 g/mol. The van der Waals surface area contributed by atoms with Crippen molar-refractivity contribution < 1.29 is 14.7 Å². The minimum Gasteiger partial charge on any atom is -0.477 e. The molecule has 0 aliphatic heterocycles. The number of rotatable bonds is 5. The molecule has 6 nitrogen and oxygen atoms in total. The van der Waals surface area contributed by atoms with E-state index in [0.717, 1.165) is 27.2 Å². The van der Waals surface area contributed by atoms with Crippen LogP contribution >= 0.6 is 11.3 Å². The maximum atomic E-state index is 12.3. The second-order valence-corrected chi connectivity index (χ2v) is 7.23. The number of amides is 1. The Morgan fingerprint density at radius 3 is 2.39 bits per heavy atom. The molecule has 2 aromatic carbocycles. The summed E-state index contributed by atoms with van der Waals surface area (Å²) in [4.78, 5) is 31.7. The number of hydrogen-bond acceptors (Lipinski definition) is 5. The smallest absolute Gasteiger partial charge is 0.354 e. The van der Waals surface area contributed by atoms with Crippen LogP contribution in [0, 0.1) is 0 Å². The van der Waals surface area contributed by atoms with Gasteiger partial charge in [-0.1, -0.05) is 30.3 Å². The molecule has 1 amide bonds. The Morgan fingerprint density at radius 2 is 1.64 bits per heavy atom. The lowest BCUT2D eigenvalue weighted by atomic mass is 10.1. The number of nitrogens with one attached hydrogen (secondary N) is 1. The summed E-state index contributed by atoms with van der Waals surface area (Å²) in [5.74, 6) is -1.63. The fourth-order valence-corrected chi connectivity index (χ4v) is 3.75. The molecule has 0 radical (unpaired) electrons. The molecule has 0 atom stereocenters. The average molecular weight is 389 g/mol. The van der Waals surface area contributed by atoms with Gasteiger partial charge in [0, 0.05) is 12.1 Å². The minimum absolute atomic E-state index is 0.0541. The van der Waals surface area contributed by atoms with E-state index in [0.29, 0.717) is 5.69 Å². The highest BCUT2D eigenvalue weighted by molar-refractivity contribution is 7.18. The van der Waals surface area contributed by atoms with Crippen LogP contribution in [0.15, 0.2) is 66.7 Å². The highest BCUT2D eigenvalue weighted by Crippen LogP contribution is 2.24. The molecule has 2 heterocycles. The molecule has 0 bridgehead atoms. The molecule has 2 N–H and O–H groups in total. The number of hydrogen-bond donors (Lipinski definition) is 2. The average Bonchev–Trinajstić information content (AvgIpc) is 3.12. The molecule has 0 unspecified atom stereocenters. The number of carboxylic acid groups (broad SMARTS) is 1. The van der Waals surface area contributed by atoms with E-state index in [4.69, 9.17) is 5.11 Å². The number of carbonyl (C=O) groups is 2. The van der Waals surface area contributed by atoms with Gasteiger partial charge >= 0.3 is 5.97 Å². The quantitative estimate of drug-likeness (QED) is 0.533. The molecule has 0 saturated carbocycles. The summed E-state index contributed by atoms with van der Waals surface area (Å²) < 4.78 is 1.16. The third-order valence-corrected chi connectivity index (χ3v) is 5.14. The number of carboxylic acids is 1. The third kappa shape index (κ3) is 3.89.